The molecule has 1 aliphatic heterocycles. The van der Waals surface area contributed by atoms with Gasteiger partial charge in [0.1, 0.15) is 11.8 Å². The van der Waals surface area contributed by atoms with Gasteiger partial charge >= 0.3 is 0 Å². The minimum absolute atomic E-state index is 0.0698. The second kappa shape index (κ2) is 5.05. The first-order valence-electron chi connectivity index (χ1n) is 6.75. The lowest BCUT2D eigenvalue weighted by atomic mass is 9.96. The number of nitrogens with zero attached hydrogens (tertiary/aromatic N) is 1. The Kier molecular flexibility index (Phi) is 3.25. The van der Waals surface area contributed by atoms with Crippen LogP contribution in [-0.4, -0.2) is 30.4 Å². The molecule has 1 aromatic carbocycles. The van der Waals surface area contributed by atoms with Gasteiger partial charge < -0.3 is 15.1 Å². The SMILES string of the molecule is NCC1CCN(C(=O)c2coc3ccccc23)CC1. The average molecular weight is 258 g/mol. The number of hydrogen-bond donors (Lipinski definition) is 1. The van der Waals surface area contributed by atoms with Crippen molar-refractivity contribution in [1.82, 2.24) is 4.90 Å². The normalized spacial score (nSPS) is 17.0. The molecule has 2 heterocycles. The van der Waals surface area contributed by atoms with E-state index in [0.29, 0.717) is 11.5 Å². The number of rotatable bonds is 2. The van der Waals surface area contributed by atoms with Crippen LogP contribution in [-0.2, 0) is 0 Å². The largest absolute Gasteiger partial charge is 0.463 e. The predicted molar refractivity (Wildman–Crippen MR) is 73.9 cm³/mol. The summed E-state index contributed by atoms with van der Waals surface area (Å²) in [5, 5.41) is 0.897. The Bertz CT molecular complexity index is 583. The van der Waals surface area contributed by atoms with Crippen LogP contribution in [0.25, 0.3) is 11.0 Å². The van der Waals surface area contributed by atoms with Crippen LogP contribution in [0.15, 0.2) is 34.9 Å². The van der Waals surface area contributed by atoms with Crippen LogP contribution in [0.2, 0.25) is 0 Å². The van der Waals surface area contributed by atoms with Gasteiger partial charge in [-0.2, -0.15) is 0 Å². The van der Waals surface area contributed by atoms with E-state index < -0.39 is 0 Å². The topological polar surface area (TPSA) is 59.5 Å². The van der Waals surface area contributed by atoms with E-state index >= 15 is 0 Å². The van der Waals surface area contributed by atoms with E-state index in [1.54, 1.807) is 6.26 Å². The van der Waals surface area contributed by atoms with Gasteiger partial charge in [0.2, 0.25) is 0 Å². The summed E-state index contributed by atoms with van der Waals surface area (Å²) in [4.78, 5) is 14.4. The van der Waals surface area contributed by atoms with Gasteiger partial charge in [-0.15, -0.1) is 0 Å². The Balaban J connectivity index is 1.81. The number of benzene rings is 1. The third-order valence-electron chi connectivity index (χ3n) is 3.95. The van der Waals surface area contributed by atoms with E-state index in [-0.39, 0.29) is 5.91 Å². The van der Waals surface area contributed by atoms with E-state index in [9.17, 15) is 4.79 Å². The number of hydrogen-bond acceptors (Lipinski definition) is 3. The van der Waals surface area contributed by atoms with Crippen molar-refractivity contribution in [2.75, 3.05) is 19.6 Å². The first-order chi connectivity index (χ1) is 9.29. The quantitative estimate of drug-likeness (QED) is 0.898. The Hall–Kier alpha value is -1.81. The van der Waals surface area contributed by atoms with Gasteiger partial charge in [0.25, 0.3) is 5.91 Å². The molecule has 0 aliphatic carbocycles. The van der Waals surface area contributed by atoms with E-state index in [1.165, 1.54) is 0 Å². The van der Waals surface area contributed by atoms with Crippen LogP contribution in [0.3, 0.4) is 0 Å². The zero-order chi connectivity index (χ0) is 13.2. The molecule has 1 aliphatic rings. The van der Waals surface area contributed by atoms with Crippen molar-refractivity contribution >= 4 is 16.9 Å². The van der Waals surface area contributed by atoms with Crippen LogP contribution in [0, 0.1) is 5.92 Å². The highest BCUT2D eigenvalue weighted by Gasteiger charge is 2.24. The molecule has 1 saturated heterocycles. The third kappa shape index (κ3) is 2.24. The fraction of sp³-hybridized carbons (Fsp3) is 0.400. The van der Waals surface area contributed by atoms with Crippen molar-refractivity contribution in [2.24, 2.45) is 11.7 Å². The van der Waals surface area contributed by atoms with E-state index in [0.717, 1.165) is 43.4 Å². The van der Waals surface area contributed by atoms with Gasteiger partial charge in [-0.3, -0.25) is 4.79 Å². The highest BCUT2D eigenvalue weighted by atomic mass is 16.3. The van der Waals surface area contributed by atoms with Gasteiger partial charge in [0.15, 0.2) is 0 Å². The summed E-state index contributed by atoms with van der Waals surface area (Å²) in [6.45, 7) is 2.30. The molecule has 4 heteroatoms. The molecular weight excluding hydrogens is 240 g/mol. The highest BCUT2D eigenvalue weighted by Crippen LogP contribution is 2.24. The number of nitrogens with two attached hydrogens (primary N) is 1. The van der Waals surface area contributed by atoms with Gasteiger partial charge in [-0.05, 0) is 31.4 Å². The maximum atomic E-state index is 12.5. The Morgan fingerprint density at radius 2 is 2.05 bits per heavy atom. The van der Waals surface area contributed by atoms with Gasteiger partial charge in [0, 0.05) is 18.5 Å². The van der Waals surface area contributed by atoms with Crippen molar-refractivity contribution in [3.8, 4) is 0 Å². The van der Waals surface area contributed by atoms with Crippen molar-refractivity contribution in [3.63, 3.8) is 0 Å². The molecule has 4 nitrogen and oxygen atoms in total. The monoisotopic (exact) mass is 258 g/mol. The summed E-state index contributed by atoms with van der Waals surface area (Å²) in [6.07, 6.45) is 3.57. The minimum Gasteiger partial charge on any atom is -0.463 e. The number of fused-ring (bicyclic) bond motifs is 1. The Morgan fingerprint density at radius 1 is 1.32 bits per heavy atom. The van der Waals surface area contributed by atoms with Gasteiger partial charge in [0.05, 0.1) is 5.56 Å². The molecule has 0 atom stereocenters. The summed E-state index contributed by atoms with van der Waals surface area (Å²) >= 11 is 0. The number of carbonyl (C=O) groups excluding carboxylic acids is 1. The first kappa shape index (κ1) is 12.2. The number of piperidine rings is 1. The summed E-state index contributed by atoms with van der Waals surface area (Å²) < 4.78 is 5.44. The Morgan fingerprint density at radius 3 is 2.79 bits per heavy atom. The number of likely N-dealkylation sites (tertiary alicyclic amines) is 1. The number of carbonyl (C=O) groups is 1. The lowest BCUT2D eigenvalue weighted by Gasteiger charge is -2.31. The fourth-order valence-electron chi connectivity index (χ4n) is 2.69. The molecular formula is C15H18N2O2. The molecule has 0 saturated carbocycles. The highest BCUT2D eigenvalue weighted by molar-refractivity contribution is 6.05. The number of furan rings is 1. The van der Waals surface area contributed by atoms with Crippen LogP contribution < -0.4 is 5.73 Å². The fourth-order valence-corrected chi connectivity index (χ4v) is 2.69. The minimum atomic E-state index is 0.0698. The molecule has 0 bridgehead atoms. The molecule has 100 valence electrons. The average Bonchev–Trinajstić information content (AvgIpc) is 2.90. The summed E-state index contributed by atoms with van der Waals surface area (Å²) in [7, 11) is 0. The van der Waals surface area contributed by atoms with Crippen LogP contribution in [0.4, 0.5) is 0 Å². The van der Waals surface area contributed by atoms with E-state index in [2.05, 4.69) is 0 Å². The van der Waals surface area contributed by atoms with E-state index in [4.69, 9.17) is 10.2 Å². The first-order valence-corrected chi connectivity index (χ1v) is 6.75. The van der Waals surface area contributed by atoms with Crippen molar-refractivity contribution in [1.29, 1.82) is 0 Å². The second-order valence-corrected chi connectivity index (χ2v) is 5.12. The third-order valence-corrected chi connectivity index (χ3v) is 3.95. The van der Waals surface area contributed by atoms with Crippen LogP contribution in [0.1, 0.15) is 23.2 Å². The molecule has 2 N–H and O–H groups in total. The molecule has 1 aromatic heterocycles. The molecule has 1 fully saturated rings. The van der Waals surface area contributed by atoms with Gasteiger partial charge in [-0.25, -0.2) is 0 Å². The van der Waals surface area contributed by atoms with Gasteiger partial charge in [-0.1, -0.05) is 18.2 Å². The van der Waals surface area contributed by atoms with Crippen LogP contribution >= 0.6 is 0 Å². The molecule has 1 amide bonds. The van der Waals surface area contributed by atoms with Crippen LogP contribution in [0.5, 0.6) is 0 Å². The van der Waals surface area contributed by atoms with E-state index in [1.807, 2.05) is 29.2 Å². The molecule has 0 unspecified atom stereocenters. The summed E-state index contributed by atoms with van der Waals surface area (Å²) in [5.41, 5.74) is 7.11. The lowest BCUT2D eigenvalue weighted by molar-refractivity contribution is 0.0694. The summed E-state index contributed by atoms with van der Waals surface area (Å²) in [5.74, 6) is 0.630. The molecule has 19 heavy (non-hydrogen) atoms. The molecule has 0 spiro atoms. The number of amides is 1. The smallest absolute Gasteiger partial charge is 0.257 e. The Labute approximate surface area is 112 Å². The molecule has 2 aromatic rings. The zero-order valence-corrected chi connectivity index (χ0v) is 10.8. The zero-order valence-electron chi connectivity index (χ0n) is 10.8. The second-order valence-electron chi connectivity index (χ2n) is 5.12. The standard InChI is InChI=1S/C15H18N2O2/c16-9-11-5-7-17(8-6-11)15(18)13-10-19-14-4-2-1-3-12(13)14/h1-4,10-11H,5-9,16H2. The van der Waals surface area contributed by atoms with Crippen molar-refractivity contribution < 1.29 is 9.21 Å². The number of para-hydroxylation sites is 1. The van der Waals surface area contributed by atoms with Crippen molar-refractivity contribution in [3.05, 3.63) is 36.1 Å². The maximum Gasteiger partial charge on any atom is 0.257 e. The maximum absolute atomic E-state index is 12.5. The molecule has 3 rings (SSSR count). The summed E-state index contributed by atoms with van der Waals surface area (Å²) in [6, 6.07) is 7.65. The lowest BCUT2D eigenvalue weighted by Crippen LogP contribution is -2.39. The molecule has 0 radical (unpaired) electrons. The van der Waals surface area contributed by atoms with Crippen molar-refractivity contribution in [2.45, 2.75) is 12.8 Å². The predicted octanol–water partition coefficient (Wildman–Crippen LogP) is 2.24.